The lowest BCUT2D eigenvalue weighted by Crippen LogP contribution is -2.04. The maximum Gasteiger partial charge on any atom is 0.309 e. The highest BCUT2D eigenvalue weighted by atomic mass is 16.5. The summed E-state index contributed by atoms with van der Waals surface area (Å²) < 4.78 is 7.25. The molecule has 0 spiro atoms. The van der Waals surface area contributed by atoms with E-state index in [1.165, 1.54) is 0 Å². The Bertz CT molecular complexity index is 806. The summed E-state index contributed by atoms with van der Waals surface area (Å²) in [6.45, 7) is 2.54. The van der Waals surface area contributed by atoms with E-state index in [-0.39, 0.29) is 6.42 Å². The molecule has 5 heteroatoms. The number of nitrogens with zero attached hydrogens (tertiary/aromatic N) is 2. The van der Waals surface area contributed by atoms with Crippen LogP contribution in [0.5, 0.6) is 5.75 Å². The van der Waals surface area contributed by atoms with Gasteiger partial charge in [-0.2, -0.15) is 0 Å². The second-order valence-electron chi connectivity index (χ2n) is 4.86. The number of hydrogen-bond acceptors (Lipinski definition) is 3. The summed E-state index contributed by atoms with van der Waals surface area (Å²) in [7, 11) is 0. The number of ether oxygens (including phenoxy) is 1. The van der Waals surface area contributed by atoms with Gasteiger partial charge in [0.25, 0.3) is 0 Å². The lowest BCUT2D eigenvalue weighted by atomic mass is 10.1. The molecule has 0 aliphatic carbocycles. The van der Waals surface area contributed by atoms with E-state index in [1.54, 1.807) is 0 Å². The largest absolute Gasteiger partial charge is 0.494 e. The molecule has 0 bridgehead atoms. The number of aliphatic carboxylic acids is 1. The van der Waals surface area contributed by atoms with Crippen molar-refractivity contribution >= 4 is 11.6 Å². The molecular formula is C17H16N2O3. The van der Waals surface area contributed by atoms with Gasteiger partial charge in [-0.05, 0) is 43.3 Å². The minimum absolute atomic E-state index is 0.0757. The van der Waals surface area contributed by atoms with Gasteiger partial charge in [0.05, 0.1) is 24.4 Å². The average Bonchev–Trinajstić information content (AvgIpc) is 2.87. The van der Waals surface area contributed by atoms with Crippen LogP contribution in [0.1, 0.15) is 12.6 Å². The van der Waals surface area contributed by atoms with E-state index in [0.717, 1.165) is 17.0 Å². The number of imidazole rings is 1. The second-order valence-corrected chi connectivity index (χ2v) is 4.86. The first-order chi connectivity index (χ1) is 10.7. The van der Waals surface area contributed by atoms with Gasteiger partial charge in [0, 0.05) is 11.8 Å². The molecule has 0 aliphatic heterocycles. The van der Waals surface area contributed by atoms with Crippen molar-refractivity contribution in [1.29, 1.82) is 0 Å². The molecule has 0 saturated carbocycles. The Morgan fingerprint density at radius 2 is 2.00 bits per heavy atom. The van der Waals surface area contributed by atoms with Gasteiger partial charge in [-0.15, -0.1) is 0 Å². The van der Waals surface area contributed by atoms with Crippen LogP contribution in [0.25, 0.3) is 16.9 Å². The van der Waals surface area contributed by atoms with E-state index >= 15 is 0 Å². The van der Waals surface area contributed by atoms with E-state index in [1.807, 2.05) is 60.0 Å². The summed E-state index contributed by atoms with van der Waals surface area (Å²) in [6.07, 6.45) is 1.76. The monoisotopic (exact) mass is 296 g/mol. The number of carboxylic acids is 1. The number of aromatic nitrogens is 2. The molecule has 2 heterocycles. The molecule has 0 atom stereocenters. The third kappa shape index (κ3) is 2.65. The van der Waals surface area contributed by atoms with Crippen LogP contribution < -0.4 is 4.74 Å². The quantitative estimate of drug-likeness (QED) is 0.786. The van der Waals surface area contributed by atoms with Crippen molar-refractivity contribution in [3.63, 3.8) is 0 Å². The lowest BCUT2D eigenvalue weighted by molar-refractivity contribution is -0.136. The molecule has 3 aromatic rings. The number of pyridine rings is 1. The zero-order chi connectivity index (χ0) is 15.5. The Hall–Kier alpha value is -2.82. The molecular weight excluding hydrogens is 280 g/mol. The molecule has 0 amide bonds. The van der Waals surface area contributed by atoms with Crippen molar-refractivity contribution in [3.05, 3.63) is 54.4 Å². The third-order valence-corrected chi connectivity index (χ3v) is 3.39. The van der Waals surface area contributed by atoms with Crippen LogP contribution in [0.2, 0.25) is 0 Å². The van der Waals surface area contributed by atoms with Crippen LogP contribution in [0.3, 0.4) is 0 Å². The van der Waals surface area contributed by atoms with Gasteiger partial charge in [-0.3, -0.25) is 4.79 Å². The fraction of sp³-hybridized carbons (Fsp3) is 0.176. The second kappa shape index (κ2) is 5.89. The van der Waals surface area contributed by atoms with Gasteiger partial charge in [0.2, 0.25) is 0 Å². The highest BCUT2D eigenvalue weighted by Crippen LogP contribution is 2.26. The van der Waals surface area contributed by atoms with Crippen molar-refractivity contribution < 1.29 is 14.6 Å². The summed E-state index contributed by atoms with van der Waals surface area (Å²) in [4.78, 5) is 15.7. The number of benzene rings is 1. The Morgan fingerprint density at radius 1 is 1.23 bits per heavy atom. The van der Waals surface area contributed by atoms with Crippen LogP contribution in [0.15, 0.2) is 48.7 Å². The number of carboxylic acid groups (broad SMARTS) is 1. The molecule has 5 nitrogen and oxygen atoms in total. The number of fused-ring (bicyclic) bond motifs is 1. The van der Waals surface area contributed by atoms with Crippen LogP contribution in [0.4, 0.5) is 0 Å². The molecule has 0 aliphatic rings. The zero-order valence-electron chi connectivity index (χ0n) is 12.2. The van der Waals surface area contributed by atoms with Gasteiger partial charge in [0.15, 0.2) is 0 Å². The van der Waals surface area contributed by atoms with E-state index in [9.17, 15) is 4.79 Å². The SMILES string of the molecule is CCOc1ccc(-c2nc3ccccn3c2CC(=O)O)cc1. The predicted molar refractivity (Wildman–Crippen MR) is 83.1 cm³/mol. The van der Waals surface area contributed by atoms with E-state index < -0.39 is 5.97 Å². The molecule has 2 aromatic heterocycles. The summed E-state index contributed by atoms with van der Waals surface area (Å²) in [5.41, 5.74) is 2.98. The van der Waals surface area contributed by atoms with E-state index in [4.69, 9.17) is 9.84 Å². The number of rotatable bonds is 5. The van der Waals surface area contributed by atoms with Gasteiger partial charge < -0.3 is 14.2 Å². The maximum atomic E-state index is 11.2. The van der Waals surface area contributed by atoms with Crippen LogP contribution >= 0.6 is 0 Å². The van der Waals surface area contributed by atoms with Crippen molar-refractivity contribution in [2.75, 3.05) is 6.61 Å². The fourth-order valence-corrected chi connectivity index (χ4v) is 2.47. The summed E-state index contributed by atoms with van der Waals surface area (Å²) in [5, 5.41) is 9.17. The van der Waals surface area contributed by atoms with Gasteiger partial charge in [-0.25, -0.2) is 4.98 Å². The molecule has 3 rings (SSSR count). The molecule has 0 saturated heterocycles. The Kier molecular flexibility index (Phi) is 3.78. The molecule has 1 N–H and O–H groups in total. The van der Waals surface area contributed by atoms with Crippen LogP contribution in [0, 0.1) is 0 Å². The Morgan fingerprint density at radius 3 is 2.68 bits per heavy atom. The molecule has 1 aromatic carbocycles. The molecule has 22 heavy (non-hydrogen) atoms. The topological polar surface area (TPSA) is 63.8 Å². The standard InChI is InChI=1S/C17H16N2O3/c1-2-22-13-8-6-12(7-9-13)17-14(11-16(20)21)19-10-4-3-5-15(19)18-17/h3-10H,2,11H2,1H3,(H,20,21). The first kappa shape index (κ1) is 14.1. The third-order valence-electron chi connectivity index (χ3n) is 3.39. The molecule has 112 valence electrons. The van der Waals surface area contributed by atoms with E-state index in [0.29, 0.717) is 18.0 Å². The molecule has 0 fully saturated rings. The van der Waals surface area contributed by atoms with Crippen molar-refractivity contribution in [3.8, 4) is 17.0 Å². The maximum absolute atomic E-state index is 11.2. The first-order valence-electron chi connectivity index (χ1n) is 7.10. The zero-order valence-corrected chi connectivity index (χ0v) is 12.2. The highest BCUT2D eigenvalue weighted by Gasteiger charge is 2.16. The van der Waals surface area contributed by atoms with Crippen molar-refractivity contribution in [2.45, 2.75) is 13.3 Å². The van der Waals surface area contributed by atoms with Crippen molar-refractivity contribution in [1.82, 2.24) is 9.38 Å². The van der Waals surface area contributed by atoms with E-state index in [2.05, 4.69) is 4.98 Å². The highest BCUT2D eigenvalue weighted by molar-refractivity contribution is 5.76. The minimum atomic E-state index is -0.877. The number of carbonyl (C=O) groups is 1. The first-order valence-corrected chi connectivity index (χ1v) is 7.10. The fourth-order valence-electron chi connectivity index (χ4n) is 2.47. The summed E-state index contributed by atoms with van der Waals surface area (Å²) in [6, 6.07) is 13.2. The normalized spacial score (nSPS) is 10.8. The minimum Gasteiger partial charge on any atom is -0.494 e. The average molecular weight is 296 g/mol. The summed E-state index contributed by atoms with van der Waals surface area (Å²) in [5.74, 6) is -0.0901. The predicted octanol–water partition coefficient (Wildman–Crippen LogP) is 3.03. The van der Waals surface area contributed by atoms with Crippen LogP contribution in [-0.2, 0) is 11.2 Å². The van der Waals surface area contributed by atoms with Crippen molar-refractivity contribution in [2.24, 2.45) is 0 Å². The lowest BCUT2D eigenvalue weighted by Gasteiger charge is -2.05. The molecule has 0 unspecified atom stereocenters. The van der Waals surface area contributed by atoms with Gasteiger partial charge in [0.1, 0.15) is 11.4 Å². The van der Waals surface area contributed by atoms with Crippen LogP contribution in [-0.4, -0.2) is 27.1 Å². The number of hydrogen-bond donors (Lipinski definition) is 1. The smallest absolute Gasteiger partial charge is 0.309 e. The molecule has 0 radical (unpaired) electrons. The summed E-state index contributed by atoms with van der Waals surface area (Å²) >= 11 is 0. The van der Waals surface area contributed by atoms with Gasteiger partial charge >= 0.3 is 5.97 Å². The Balaban J connectivity index is 2.10. The Labute approximate surface area is 127 Å². The van der Waals surface area contributed by atoms with Gasteiger partial charge in [-0.1, -0.05) is 6.07 Å².